The maximum atomic E-state index is 11.9. The van der Waals surface area contributed by atoms with E-state index in [4.69, 9.17) is 5.26 Å². The second-order valence-electron chi connectivity index (χ2n) is 6.20. The molecule has 116 valence electrons. The van der Waals surface area contributed by atoms with Gasteiger partial charge >= 0.3 is 0 Å². The normalized spacial score (nSPS) is 17.6. The lowest BCUT2D eigenvalue weighted by Gasteiger charge is -2.39. The predicted octanol–water partition coefficient (Wildman–Crippen LogP) is 0.919. The highest BCUT2D eigenvalue weighted by Crippen LogP contribution is 2.38. The Hall–Kier alpha value is -2.75. The van der Waals surface area contributed by atoms with Crippen LogP contribution in [0.4, 0.5) is 5.82 Å². The molecule has 1 aliphatic carbocycles. The first-order chi connectivity index (χ1) is 11.2. The van der Waals surface area contributed by atoms with E-state index in [0.29, 0.717) is 24.1 Å². The Kier molecular flexibility index (Phi) is 3.30. The molecule has 0 atom stereocenters. The highest BCUT2D eigenvalue weighted by molar-refractivity contribution is 5.40. The van der Waals surface area contributed by atoms with Gasteiger partial charge in [0, 0.05) is 31.0 Å². The molecule has 0 radical (unpaired) electrons. The highest BCUT2D eigenvalue weighted by atomic mass is 16.1. The third kappa shape index (κ3) is 2.80. The fourth-order valence-corrected chi connectivity index (χ4v) is 2.85. The Morgan fingerprint density at radius 2 is 2.04 bits per heavy atom. The van der Waals surface area contributed by atoms with Crippen molar-refractivity contribution in [2.24, 2.45) is 5.92 Å². The van der Waals surface area contributed by atoms with Crippen LogP contribution in [0.15, 0.2) is 29.3 Å². The molecule has 2 aromatic rings. The Labute approximate surface area is 133 Å². The van der Waals surface area contributed by atoms with Gasteiger partial charge in [-0.2, -0.15) is 10.4 Å². The lowest BCUT2D eigenvalue weighted by atomic mass is 10.0. The van der Waals surface area contributed by atoms with Gasteiger partial charge in [0.05, 0.1) is 24.6 Å². The summed E-state index contributed by atoms with van der Waals surface area (Å²) in [5.74, 6) is 1.70. The molecule has 7 heteroatoms. The number of nitrogens with zero attached hydrogens (tertiary/aromatic N) is 6. The number of hydrogen-bond acceptors (Lipinski definition) is 6. The van der Waals surface area contributed by atoms with E-state index in [2.05, 4.69) is 20.0 Å². The second-order valence-corrected chi connectivity index (χ2v) is 6.20. The number of anilines is 1. The lowest BCUT2D eigenvalue weighted by molar-refractivity contribution is 0.331. The summed E-state index contributed by atoms with van der Waals surface area (Å²) in [5, 5.41) is 13.2. The molecular formula is C16H16N6O. The zero-order valence-corrected chi connectivity index (χ0v) is 12.6. The van der Waals surface area contributed by atoms with Gasteiger partial charge in [-0.1, -0.05) is 0 Å². The number of rotatable bonds is 4. The molecule has 2 fully saturated rings. The van der Waals surface area contributed by atoms with Crippen LogP contribution in [0, 0.1) is 17.2 Å². The monoisotopic (exact) mass is 308 g/mol. The number of hydrogen-bond donors (Lipinski definition) is 0. The molecule has 23 heavy (non-hydrogen) atoms. The van der Waals surface area contributed by atoms with Crippen molar-refractivity contribution in [3.8, 4) is 6.07 Å². The minimum Gasteiger partial charge on any atom is -0.355 e. The largest absolute Gasteiger partial charge is 0.355 e. The summed E-state index contributed by atoms with van der Waals surface area (Å²) in [6.45, 7) is 2.28. The molecule has 0 N–H and O–H groups in total. The van der Waals surface area contributed by atoms with Crippen molar-refractivity contribution >= 4 is 5.82 Å². The van der Waals surface area contributed by atoms with Crippen molar-refractivity contribution in [1.29, 1.82) is 5.26 Å². The van der Waals surface area contributed by atoms with E-state index in [1.165, 1.54) is 19.0 Å². The van der Waals surface area contributed by atoms with Gasteiger partial charge in [-0.3, -0.25) is 4.79 Å². The maximum Gasteiger partial charge on any atom is 0.266 e. The summed E-state index contributed by atoms with van der Waals surface area (Å²) in [6, 6.07) is 5.44. The minimum atomic E-state index is -0.0361. The Balaban J connectivity index is 1.39. The minimum absolute atomic E-state index is 0.0361. The molecule has 4 rings (SSSR count). The van der Waals surface area contributed by atoms with Crippen molar-refractivity contribution in [2.45, 2.75) is 25.3 Å². The van der Waals surface area contributed by atoms with Crippen LogP contribution in [0.3, 0.4) is 0 Å². The first-order valence-corrected chi connectivity index (χ1v) is 7.78. The van der Waals surface area contributed by atoms with Gasteiger partial charge in [-0.15, -0.1) is 0 Å². The van der Waals surface area contributed by atoms with Gasteiger partial charge in [0.2, 0.25) is 0 Å². The second kappa shape index (κ2) is 5.47. The molecule has 2 aliphatic rings. The van der Waals surface area contributed by atoms with Crippen LogP contribution in [0.25, 0.3) is 0 Å². The molecule has 3 heterocycles. The van der Waals surface area contributed by atoms with Crippen LogP contribution < -0.4 is 10.5 Å². The molecule has 0 unspecified atom stereocenters. The fraction of sp³-hybridized carbons (Fsp3) is 0.438. The van der Waals surface area contributed by atoms with E-state index in [1.807, 2.05) is 12.1 Å². The Morgan fingerprint density at radius 3 is 2.70 bits per heavy atom. The summed E-state index contributed by atoms with van der Waals surface area (Å²) in [6.07, 6.45) is 5.46. The number of aromatic nitrogens is 4. The zero-order valence-electron chi connectivity index (χ0n) is 12.6. The zero-order chi connectivity index (χ0) is 15.8. The SMILES string of the molecule is N#Cc1cnc(N2CC(Cn3nc(C4CC4)ccc3=O)C2)cn1. The summed E-state index contributed by atoms with van der Waals surface area (Å²) < 4.78 is 1.60. The van der Waals surface area contributed by atoms with Crippen LogP contribution in [-0.2, 0) is 6.54 Å². The molecule has 1 aliphatic heterocycles. The fourth-order valence-electron chi connectivity index (χ4n) is 2.85. The van der Waals surface area contributed by atoms with Crippen LogP contribution in [0.5, 0.6) is 0 Å². The number of nitriles is 1. The first kappa shape index (κ1) is 13.9. The van der Waals surface area contributed by atoms with E-state index >= 15 is 0 Å². The van der Waals surface area contributed by atoms with E-state index in [1.54, 1.807) is 16.9 Å². The quantitative estimate of drug-likeness (QED) is 0.834. The molecule has 0 amide bonds. The summed E-state index contributed by atoms with van der Waals surface area (Å²) >= 11 is 0. The third-order valence-electron chi connectivity index (χ3n) is 4.35. The van der Waals surface area contributed by atoms with Gasteiger partial charge in [0.25, 0.3) is 5.56 Å². The molecule has 0 aromatic carbocycles. The van der Waals surface area contributed by atoms with Crippen molar-refractivity contribution in [1.82, 2.24) is 19.7 Å². The van der Waals surface area contributed by atoms with Gasteiger partial charge in [0.15, 0.2) is 5.69 Å². The topological polar surface area (TPSA) is 87.7 Å². The third-order valence-corrected chi connectivity index (χ3v) is 4.35. The molecule has 0 bridgehead atoms. The summed E-state index contributed by atoms with van der Waals surface area (Å²) in [5.41, 5.74) is 1.32. The van der Waals surface area contributed by atoms with Gasteiger partial charge in [0.1, 0.15) is 11.9 Å². The van der Waals surface area contributed by atoms with Gasteiger partial charge in [-0.25, -0.2) is 14.6 Å². The van der Waals surface area contributed by atoms with Crippen LogP contribution >= 0.6 is 0 Å². The smallest absolute Gasteiger partial charge is 0.266 e. The predicted molar refractivity (Wildman–Crippen MR) is 82.9 cm³/mol. The highest BCUT2D eigenvalue weighted by Gasteiger charge is 2.30. The molecule has 0 spiro atoms. The molecular weight excluding hydrogens is 292 g/mol. The molecule has 2 aromatic heterocycles. The van der Waals surface area contributed by atoms with Gasteiger partial charge in [-0.05, 0) is 18.9 Å². The van der Waals surface area contributed by atoms with E-state index in [9.17, 15) is 4.79 Å². The Bertz CT molecular complexity index is 812. The van der Waals surface area contributed by atoms with Crippen LogP contribution in [0.1, 0.15) is 30.1 Å². The van der Waals surface area contributed by atoms with Crippen LogP contribution in [0.2, 0.25) is 0 Å². The van der Waals surface area contributed by atoms with Gasteiger partial charge < -0.3 is 4.90 Å². The molecule has 1 saturated carbocycles. The Morgan fingerprint density at radius 1 is 1.22 bits per heavy atom. The van der Waals surface area contributed by atoms with Crippen LogP contribution in [-0.4, -0.2) is 32.8 Å². The van der Waals surface area contributed by atoms with Crippen molar-refractivity contribution in [3.63, 3.8) is 0 Å². The van der Waals surface area contributed by atoms with E-state index in [0.717, 1.165) is 24.6 Å². The van der Waals surface area contributed by atoms with Crippen molar-refractivity contribution in [3.05, 3.63) is 46.3 Å². The van der Waals surface area contributed by atoms with Crippen molar-refractivity contribution in [2.75, 3.05) is 18.0 Å². The standard InChI is InChI=1S/C16H16N6O/c17-5-13-6-19-15(7-18-13)21-8-11(9-21)10-22-16(23)4-3-14(20-22)12-1-2-12/h3-4,6-7,11-12H,1-2,8-10H2. The average molecular weight is 308 g/mol. The lowest BCUT2D eigenvalue weighted by Crippen LogP contribution is -2.50. The van der Waals surface area contributed by atoms with E-state index in [-0.39, 0.29) is 5.56 Å². The molecule has 1 saturated heterocycles. The molecule has 7 nitrogen and oxygen atoms in total. The summed E-state index contributed by atoms with van der Waals surface area (Å²) in [4.78, 5) is 22.3. The average Bonchev–Trinajstić information content (AvgIpc) is 3.37. The van der Waals surface area contributed by atoms with E-state index < -0.39 is 0 Å². The summed E-state index contributed by atoms with van der Waals surface area (Å²) in [7, 11) is 0. The maximum absolute atomic E-state index is 11.9. The van der Waals surface area contributed by atoms with Crippen molar-refractivity contribution < 1.29 is 0 Å². The first-order valence-electron chi connectivity index (χ1n) is 7.78.